The third kappa shape index (κ3) is 1.84. The summed E-state index contributed by atoms with van der Waals surface area (Å²) in [6, 6.07) is 1.35. The smallest absolute Gasteiger partial charge is 0.308 e. The van der Waals surface area contributed by atoms with Gasteiger partial charge in [0.05, 0.1) is 10.9 Å². The van der Waals surface area contributed by atoms with E-state index < -0.39 is 11.9 Å². The molecule has 0 aliphatic carbocycles. The molecule has 108 valence electrons. The number of fused-ring (bicyclic) bond motifs is 2. The molecule has 2 fully saturated rings. The van der Waals surface area contributed by atoms with Crippen molar-refractivity contribution in [3.8, 4) is 0 Å². The highest BCUT2D eigenvalue weighted by molar-refractivity contribution is 6.41. The molecule has 1 aromatic heterocycles. The Kier molecular flexibility index (Phi) is 3.21. The van der Waals surface area contributed by atoms with Gasteiger partial charge in [0.1, 0.15) is 10.8 Å². The fourth-order valence-corrected chi connectivity index (χ4v) is 3.83. The Morgan fingerprint density at radius 2 is 2.05 bits per heavy atom. The van der Waals surface area contributed by atoms with Crippen LogP contribution in [0.15, 0.2) is 6.07 Å². The first-order chi connectivity index (χ1) is 9.41. The van der Waals surface area contributed by atoms with E-state index in [1.54, 1.807) is 22.6 Å². The molecular formula is C13H14Cl2N2O3. The molecule has 0 aromatic carbocycles. The van der Waals surface area contributed by atoms with Crippen LogP contribution in [0.25, 0.3) is 0 Å². The molecule has 0 spiro atoms. The highest BCUT2D eigenvalue weighted by atomic mass is 35.5. The summed E-state index contributed by atoms with van der Waals surface area (Å²) in [5, 5.41) is 9.87. The second kappa shape index (κ2) is 4.67. The molecule has 5 nitrogen and oxygen atoms in total. The van der Waals surface area contributed by atoms with Crippen molar-refractivity contribution < 1.29 is 14.7 Å². The number of carbonyl (C=O) groups is 2. The lowest BCUT2D eigenvalue weighted by Crippen LogP contribution is -2.38. The van der Waals surface area contributed by atoms with Crippen molar-refractivity contribution in [2.45, 2.75) is 31.3 Å². The van der Waals surface area contributed by atoms with Gasteiger partial charge >= 0.3 is 5.97 Å². The molecule has 3 unspecified atom stereocenters. The van der Waals surface area contributed by atoms with Gasteiger partial charge in [-0.2, -0.15) is 0 Å². The quantitative estimate of drug-likeness (QED) is 0.911. The average Bonchev–Trinajstić information content (AvgIpc) is 3.05. The molecule has 0 saturated carbocycles. The maximum Gasteiger partial charge on any atom is 0.308 e. The van der Waals surface area contributed by atoms with Crippen molar-refractivity contribution >= 4 is 35.1 Å². The predicted octanol–water partition coefficient (Wildman–Crippen LogP) is 2.41. The minimum Gasteiger partial charge on any atom is -0.481 e. The van der Waals surface area contributed by atoms with Crippen molar-refractivity contribution in [2.75, 3.05) is 0 Å². The molecule has 1 N–H and O–H groups in total. The summed E-state index contributed by atoms with van der Waals surface area (Å²) in [5.74, 6) is -1.46. The van der Waals surface area contributed by atoms with Gasteiger partial charge in [0.2, 0.25) is 0 Å². The molecule has 2 aliphatic heterocycles. The monoisotopic (exact) mass is 316 g/mol. The molecule has 0 radical (unpaired) electrons. The molecule has 2 saturated heterocycles. The number of carboxylic acids is 1. The maximum absolute atomic E-state index is 12.7. The molecule has 3 atom stereocenters. The van der Waals surface area contributed by atoms with E-state index >= 15 is 0 Å². The van der Waals surface area contributed by atoms with E-state index in [-0.39, 0.29) is 18.0 Å². The zero-order chi connectivity index (χ0) is 14.6. The van der Waals surface area contributed by atoms with Crippen LogP contribution >= 0.6 is 23.2 Å². The molecule has 7 heteroatoms. The lowest BCUT2D eigenvalue weighted by Gasteiger charge is -2.23. The lowest BCUT2D eigenvalue weighted by atomic mass is 9.89. The normalized spacial score (nSPS) is 28.1. The highest BCUT2D eigenvalue weighted by Gasteiger charge is 2.51. The number of hydrogen-bond donors (Lipinski definition) is 1. The van der Waals surface area contributed by atoms with Crippen LogP contribution in [0, 0.1) is 5.92 Å². The lowest BCUT2D eigenvalue weighted by molar-refractivity contribution is -0.142. The molecule has 1 aromatic rings. The third-order valence-electron chi connectivity index (χ3n) is 4.42. The number of halogens is 2. The van der Waals surface area contributed by atoms with Gasteiger partial charge in [-0.25, -0.2) is 0 Å². The van der Waals surface area contributed by atoms with Crippen molar-refractivity contribution in [3.05, 3.63) is 21.9 Å². The standard InChI is InChI=1S/C13H14Cl2N2O3/c1-16-10(5-8(14)11(16)15)12(18)17-6-2-3-9(17)7(4-6)13(19)20/h5-7,9H,2-4H2,1H3,(H,19,20). The van der Waals surface area contributed by atoms with E-state index in [0.717, 1.165) is 12.8 Å². The van der Waals surface area contributed by atoms with E-state index in [2.05, 4.69) is 0 Å². The number of hydrogen-bond acceptors (Lipinski definition) is 2. The highest BCUT2D eigenvalue weighted by Crippen LogP contribution is 2.43. The number of carbonyl (C=O) groups excluding carboxylic acids is 1. The molecule has 2 aliphatic rings. The Morgan fingerprint density at radius 3 is 2.55 bits per heavy atom. The Balaban J connectivity index is 1.92. The number of carboxylic acid groups (broad SMARTS) is 1. The number of aromatic nitrogens is 1. The summed E-state index contributed by atoms with van der Waals surface area (Å²) in [6.07, 6.45) is 2.16. The van der Waals surface area contributed by atoms with Crippen LogP contribution in [-0.2, 0) is 11.8 Å². The minimum absolute atomic E-state index is 0.0149. The molecule has 1 amide bonds. The van der Waals surface area contributed by atoms with Crippen molar-refractivity contribution in [3.63, 3.8) is 0 Å². The Morgan fingerprint density at radius 1 is 1.35 bits per heavy atom. The van der Waals surface area contributed by atoms with Gasteiger partial charge in [0, 0.05) is 19.1 Å². The molecular weight excluding hydrogens is 303 g/mol. The van der Waals surface area contributed by atoms with E-state index in [1.807, 2.05) is 0 Å². The summed E-state index contributed by atoms with van der Waals surface area (Å²) in [5.41, 5.74) is 0.405. The first-order valence-electron chi connectivity index (χ1n) is 6.48. The van der Waals surface area contributed by atoms with Crippen molar-refractivity contribution in [1.82, 2.24) is 9.47 Å². The number of amides is 1. The average molecular weight is 317 g/mol. The maximum atomic E-state index is 12.7. The van der Waals surface area contributed by atoms with E-state index in [0.29, 0.717) is 22.3 Å². The van der Waals surface area contributed by atoms with Crippen LogP contribution in [0.5, 0.6) is 0 Å². The van der Waals surface area contributed by atoms with E-state index in [1.165, 1.54) is 0 Å². The van der Waals surface area contributed by atoms with Crippen LogP contribution in [0.1, 0.15) is 29.8 Å². The molecule has 3 heterocycles. The summed E-state index contributed by atoms with van der Waals surface area (Å²) < 4.78 is 1.54. The van der Waals surface area contributed by atoms with Gasteiger partial charge in [-0.05, 0) is 25.3 Å². The molecule has 20 heavy (non-hydrogen) atoms. The van der Waals surface area contributed by atoms with Crippen LogP contribution in [0.4, 0.5) is 0 Å². The zero-order valence-electron chi connectivity index (χ0n) is 10.8. The molecule has 2 bridgehead atoms. The Hall–Kier alpha value is -1.20. The van der Waals surface area contributed by atoms with Crippen LogP contribution in [0.2, 0.25) is 10.2 Å². The predicted molar refractivity (Wildman–Crippen MR) is 74.2 cm³/mol. The SMILES string of the molecule is Cn1c(C(=O)N2C3CCC2C(C(=O)O)C3)cc(Cl)c1Cl. The minimum atomic E-state index is -0.821. The topological polar surface area (TPSA) is 62.5 Å². The number of rotatable bonds is 2. The summed E-state index contributed by atoms with van der Waals surface area (Å²) >= 11 is 11.9. The summed E-state index contributed by atoms with van der Waals surface area (Å²) in [6.45, 7) is 0. The van der Waals surface area contributed by atoms with Crippen molar-refractivity contribution in [1.29, 1.82) is 0 Å². The van der Waals surface area contributed by atoms with Gasteiger partial charge in [-0.1, -0.05) is 23.2 Å². The van der Waals surface area contributed by atoms with Gasteiger partial charge in [0.15, 0.2) is 0 Å². The third-order valence-corrected chi connectivity index (χ3v) is 5.27. The van der Waals surface area contributed by atoms with Crippen LogP contribution in [-0.4, -0.2) is 38.5 Å². The Labute approximate surface area is 126 Å². The number of nitrogens with zero attached hydrogens (tertiary/aromatic N) is 2. The van der Waals surface area contributed by atoms with Gasteiger partial charge < -0.3 is 14.6 Å². The van der Waals surface area contributed by atoms with Crippen LogP contribution < -0.4 is 0 Å². The van der Waals surface area contributed by atoms with Crippen LogP contribution in [0.3, 0.4) is 0 Å². The van der Waals surface area contributed by atoms with E-state index in [9.17, 15) is 14.7 Å². The summed E-state index contributed by atoms with van der Waals surface area (Å²) in [7, 11) is 1.67. The Bertz CT molecular complexity index is 599. The van der Waals surface area contributed by atoms with Gasteiger partial charge in [-0.3, -0.25) is 9.59 Å². The van der Waals surface area contributed by atoms with Crippen molar-refractivity contribution in [2.24, 2.45) is 13.0 Å². The first kappa shape index (κ1) is 13.8. The van der Waals surface area contributed by atoms with Gasteiger partial charge in [-0.15, -0.1) is 0 Å². The fourth-order valence-electron chi connectivity index (χ4n) is 3.45. The first-order valence-corrected chi connectivity index (χ1v) is 7.23. The fraction of sp³-hybridized carbons (Fsp3) is 0.538. The summed E-state index contributed by atoms with van der Waals surface area (Å²) in [4.78, 5) is 25.6. The largest absolute Gasteiger partial charge is 0.481 e. The second-order valence-corrected chi connectivity index (χ2v) is 6.18. The van der Waals surface area contributed by atoms with E-state index in [4.69, 9.17) is 23.2 Å². The number of aliphatic carboxylic acids is 1. The second-order valence-electron chi connectivity index (χ2n) is 5.42. The zero-order valence-corrected chi connectivity index (χ0v) is 12.4. The van der Waals surface area contributed by atoms with Gasteiger partial charge in [0.25, 0.3) is 5.91 Å². The molecule has 3 rings (SSSR count).